The number of anilines is 2. The molecule has 0 bridgehead atoms. The van der Waals surface area contributed by atoms with Gasteiger partial charge in [-0.3, -0.25) is 19.3 Å². The predicted molar refractivity (Wildman–Crippen MR) is 122 cm³/mol. The minimum atomic E-state index is -0.447. The van der Waals surface area contributed by atoms with Crippen LogP contribution in [0.25, 0.3) is 6.08 Å². The molecule has 0 aliphatic carbocycles. The van der Waals surface area contributed by atoms with E-state index in [9.17, 15) is 14.4 Å². The van der Waals surface area contributed by atoms with Gasteiger partial charge in [0.1, 0.15) is 6.54 Å². The number of carbonyl (C=O) groups excluding carboxylic acids is 3. The average molecular weight is 424 g/mol. The molecule has 3 amide bonds. The lowest BCUT2D eigenvalue weighted by molar-refractivity contribution is -0.127. The van der Waals surface area contributed by atoms with E-state index in [0.717, 1.165) is 46.6 Å². The van der Waals surface area contributed by atoms with Gasteiger partial charge in [0.05, 0.1) is 4.91 Å². The Morgan fingerprint density at radius 1 is 1.03 bits per heavy atom. The Kier molecular flexibility index (Phi) is 6.95. The first-order chi connectivity index (χ1) is 14.4. The molecule has 0 spiro atoms. The van der Waals surface area contributed by atoms with Crippen LogP contribution >= 0.6 is 11.8 Å². The van der Waals surface area contributed by atoms with E-state index in [2.05, 4.69) is 24.1 Å². The molecule has 30 heavy (non-hydrogen) atoms. The monoisotopic (exact) mass is 423 g/mol. The molecule has 1 fully saturated rings. The van der Waals surface area contributed by atoms with Crippen molar-refractivity contribution >= 4 is 46.3 Å². The number of benzene rings is 2. The van der Waals surface area contributed by atoms with Crippen molar-refractivity contribution < 1.29 is 14.4 Å². The fraction of sp³-hybridized carbons (Fsp3) is 0.261. The van der Waals surface area contributed by atoms with E-state index in [1.807, 2.05) is 43.3 Å². The highest BCUT2D eigenvalue weighted by atomic mass is 32.2. The number of rotatable bonds is 7. The summed E-state index contributed by atoms with van der Waals surface area (Å²) < 4.78 is 0. The number of imide groups is 1. The summed E-state index contributed by atoms with van der Waals surface area (Å²) in [6.45, 7) is 7.68. The zero-order valence-corrected chi connectivity index (χ0v) is 18.2. The molecule has 1 aliphatic rings. The number of nitrogens with zero attached hydrogens (tertiary/aromatic N) is 2. The van der Waals surface area contributed by atoms with Crippen molar-refractivity contribution in [3.05, 3.63) is 64.6 Å². The average Bonchev–Trinajstić information content (AvgIpc) is 2.99. The molecule has 0 unspecified atom stereocenters. The summed E-state index contributed by atoms with van der Waals surface area (Å²) in [5, 5.41) is 2.27. The number of hydrogen-bond acceptors (Lipinski definition) is 5. The van der Waals surface area contributed by atoms with E-state index >= 15 is 0 Å². The molecule has 1 saturated heterocycles. The highest BCUT2D eigenvalue weighted by Crippen LogP contribution is 2.32. The van der Waals surface area contributed by atoms with Gasteiger partial charge in [-0.05, 0) is 68.4 Å². The van der Waals surface area contributed by atoms with Crippen LogP contribution in [0.1, 0.15) is 25.0 Å². The Hall–Kier alpha value is -3.06. The van der Waals surface area contributed by atoms with E-state index in [1.54, 1.807) is 18.2 Å². The van der Waals surface area contributed by atoms with Gasteiger partial charge in [-0.25, -0.2) is 0 Å². The molecule has 1 heterocycles. The molecule has 0 atom stereocenters. The maximum atomic E-state index is 12.6. The van der Waals surface area contributed by atoms with Crippen LogP contribution in [0, 0.1) is 6.92 Å². The van der Waals surface area contributed by atoms with Gasteiger partial charge in [-0.1, -0.05) is 29.8 Å². The van der Waals surface area contributed by atoms with Gasteiger partial charge in [-0.2, -0.15) is 0 Å². The molecule has 1 aliphatic heterocycles. The summed E-state index contributed by atoms with van der Waals surface area (Å²) in [6.07, 6.45) is 1.69. The molecular formula is C23H25N3O3S. The van der Waals surface area contributed by atoms with Gasteiger partial charge in [0, 0.05) is 24.5 Å². The zero-order chi connectivity index (χ0) is 21.7. The summed E-state index contributed by atoms with van der Waals surface area (Å²) >= 11 is 0.855. The van der Waals surface area contributed by atoms with E-state index in [4.69, 9.17) is 0 Å². The van der Waals surface area contributed by atoms with Gasteiger partial charge in [0.25, 0.3) is 11.1 Å². The first-order valence-corrected chi connectivity index (χ1v) is 10.7. The third-order valence-electron chi connectivity index (χ3n) is 4.83. The molecule has 7 heteroatoms. The smallest absolute Gasteiger partial charge is 0.294 e. The molecule has 0 radical (unpaired) electrons. The van der Waals surface area contributed by atoms with E-state index in [1.165, 1.54) is 0 Å². The topological polar surface area (TPSA) is 69.7 Å². The normalized spacial score (nSPS) is 15.0. The van der Waals surface area contributed by atoms with Crippen molar-refractivity contribution in [3.63, 3.8) is 0 Å². The Morgan fingerprint density at radius 2 is 1.67 bits per heavy atom. The van der Waals surface area contributed by atoms with Gasteiger partial charge in [0.15, 0.2) is 0 Å². The van der Waals surface area contributed by atoms with Crippen molar-refractivity contribution in [2.24, 2.45) is 0 Å². The third kappa shape index (κ3) is 5.10. The second-order valence-electron chi connectivity index (χ2n) is 6.95. The van der Waals surface area contributed by atoms with Gasteiger partial charge < -0.3 is 10.2 Å². The van der Waals surface area contributed by atoms with Crippen LogP contribution in [-0.4, -0.2) is 41.6 Å². The minimum Gasteiger partial charge on any atom is -0.372 e. The molecule has 1 N–H and O–H groups in total. The quantitative estimate of drug-likeness (QED) is 0.663. The first-order valence-electron chi connectivity index (χ1n) is 9.88. The van der Waals surface area contributed by atoms with Crippen LogP contribution in [0.15, 0.2) is 53.4 Å². The van der Waals surface area contributed by atoms with Crippen LogP contribution in [-0.2, 0) is 9.59 Å². The van der Waals surface area contributed by atoms with Crippen molar-refractivity contribution in [2.75, 3.05) is 29.9 Å². The van der Waals surface area contributed by atoms with Gasteiger partial charge in [-0.15, -0.1) is 0 Å². The summed E-state index contributed by atoms with van der Waals surface area (Å²) in [5.41, 5.74) is 3.65. The van der Waals surface area contributed by atoms with E-state index in [0.29, 0.717) is 10.6 Å². The zero-order valence-electron chi connectivity index (χ0n) is 17.3. The number of carbonyl (C=O) groups is 3. The number of amides is 3. The van der Waals surface area contributed by atoms with E-state index in [-0.39, 0.29) is 6.54 Å². The summed E-state index contributed by atoms with van der Waals surface area (Å²) in [4.78, 5) is 40.7. The van der Waals surface area contributed by atoms with Crippen molar-refractivity contribution in [3.8, 4) is 0 Å². The predicted octanol–water partition coefficient (Wildman–Crippen LogP) is 4.52. The fourth-order valence-corrected chi connectivity index (χ4v) is 3.98. The largest absolute Gasteiger partial charge is 0.372 e. The van der Waals surface area contributed by atoms with Gasteiger partial charge in [0.2, 0.25) is 5.91 Å². The van der Waals surface area contributed by atoms with Crippen LogP contribution < -0.4 is 10.2 Å². The molecule has 156 valence electrons. The summed E-state index contributed by atoms with van der Waals surface area (Å²) in [6, 6.07) is 15.2. The molecular weight excluding hydrogens is 398 g/mol. The van der Waals surface area contributed by atoms with Gasteiger partial charge >= 0.3 is 0 Å². The lowest BCUT2D eigenvalue weighted by Crippen LogP contribution is -2.36. The Labute approximate surface area is 180 Å². The highest BCUT2D eigenvalue weighted by Gasteiger charge is 2.36. The lowest BCUT2D eigenvalue weighted by atomic mass is 10.1. The molecule has 0 aromatic heterocycles. The molecule has 2 aromatic rings. The molecule has 2 aromatic carbocycles. The Morgan fingerprint density at radius 3 is 2.27 bits per heavy atom. The second-order valence-corrected chi connectivity index (χ2v) is 7.94. The van der Waals surface area contributed by atoms with Crippen LogP contribution in [0.3, 0.4) is 0 Å². The van der Waals surface area contributed by atoms with Crippen molar-refractivity contribution in [1.82, 2.24) is 4.90 Å². The standard InChI is InChI=1S/C23H25N3O3S/c1-4-25(5-2)19-12-8-17(9-13-19)14-20-22(28)26(23(29)30-20)15-21(27)24-18-10-6-16(3)7-11-18/h6-14H,4-5,15H2,1-3H3,(H,24,27)/b20-14+. The van der Waals surface area contributed by atoms with Crippen LogP contribution in [0.4, 0.5) is 16.2 Å². The Bertz CT molecular complexity index is 964. The fourth-order valence-electron chi connectivity index (χ4n) is 3.14. The summed E-state index contributed by atoms with van der Waals surface area (Å²) in [5.74, 6) is -0.858. The number of aryl methyl sites for hydroxylation is 1. The maximum absolute atomic E-state index is 12.6. The van der Waals surface area contributed by atoms with Crippen molar-refractivity contribution in [1.29, 1.82) is 0 Å². The lowest BCUT2D eigenvalue weighted by Gasteiger charge is -2.20. The molecule has 0 saturated carbocycles. The molecule has 3 rings (SSSR count). The SMILES string of the molecule is CCN(CC)c1ccc(/C=C2/SC(=O)N(CC(=O)Nc3ccc(C)cc3)C2=O)cc1. The first kappa shape index (κ1) is 21.6. The summed E-state index contributed by atoms with van der Waals surface area (Å²) in [7, 11) is 0. The van der Waals surface area contributed by atoms with Crippen molar-refractivity contribution in [2.45, 2.75) is 20.8 Å². The number of hydrogen-bond donors (Lipinski definition) is 1. The Balaban J connectivity index is 1.66. The second kappa shape index (κ2) is 9.63. The van der Waals surface area contributed by atoms with E-state index < -0.39 is 17.1 Å². The number of thioether (sulfide) groups is 1. The van der Waals surface area contributed by atoms with Crippen LogP contribution in [0.5, 0.6) is 0 Å². The number of nitrogens with one attached hydrogen (secondary N) is 1. The highest BCUT2D eigenvalue weighted by molar-refractivity contribution is 8.18. The molecule has 6 nitrogen and oxygen atoms in total. The maximum Gasteiger partial charge on any atom is 0.294 e. The minimum absolute atomic E-state index is 0.309. The third-order valence-corrected chi connectivity index (χ3v) is 5.74. The van der Waals surface area contributed by atoms with Crippen LogP contribution in [0.2, 0.25) is 0 Å².